The number of phenolic OH excluding ortho intramolecular Hbond substituents is 1. The minimum Gasteiger partial charge on any atom is -0.507 e. The van der Waals surface area contributed by atoms with Gasteiger partial charge in [0.1, 0.15) is 11.5 Å². The zero-order valence-electron chi connectivity index (χ0n) is 16.4. The van der Waals surface area contributed by atoms with Crippen molar-refractivity contribution in [1.29, 1.82) is 0 Å². The second-order valence-electron chi connectivity index (χ2n) is 9.34. The second-order valence-corrected chi connectivity index (χ2v) is 9.34. The van der Waals surface area contributed by atoms with Crippen LogP contribution >= 0.6 is 0 Å². The lowest BCUT2D eigenvalue weighted by molar-refractivity contribution is -0.154. The molecule has 0 spiro atoms. The Labute approximate surface area is 151 Å². The van der Waals surface area contributed by atoms with Gasteiger partial charge in [0, 0.05) is 10.8 Å². The molecular weight excluding hydrogens is 312 g/mol. The van der Waals surface area contributed by atoms with Crippen LogP contribution in [0.15, 0.2) is 36.4 Å². The van der Waals surface area contributed by atoms with Gasteiger partial charge in [-0.05, 0) is 36.3 Å². The molecule has 2 rings (SSSR count). The van der Waals surface area contributed by atoms with Gasteiger partial charge in [0.15, 0.2) is 0 Å². The molecule has 0 saturated heterocycles. The van der Waals surface area contributed by atoms with Crippen LogP contribution in [0.4, 0.5) is 0 Å². The molecular formula is C22H30O3. The summed E-state index contributed by atoms with van der Waals surface area (Å²) in [6, 6.07) is 10.6. The zero-order valence-corrected chi connectivity index (χ0v) is 16.4. The molecule has 2 aromatic carbocycles. The molecule has 0 heterocycles. The van der Waals surface area contributed by atoms with Crippen LogP contribution < -0.4 is 4.74 Å². The molecule has 1 N–H and O–H groups in total. The Morgan fingerprint density at radius 1 is 0.920 bits per heavy atom. The normalized spacial score (nSPS) is 15.0. The monoisotopic (exact) mass is 342 g/mol. The number of benzene rings is 2. The fraction of sp³-hybridized carbons (Fsp3) is 0.500. The molecule has 0 aliphatic rings. The van der Waals surface area contributed by atoms with Crippen molar-refractivity contribution in [3.8, 4) is 11.5 Å². The van der Waals surface area contributed by atoms with Crippen molar-refractivity contribution >= 4 is 16.7 Å². The summed E-state index contributed by atoms with van der Waals surface area (Å²) in [7, 11) is 0. The molecule has 3 heteroatoms. The summed E-state index contributed by atoms with van der Waals surface area (Å²) in [6.07, 6.45) is 0.721. The highest BCUT2D eigenvalue weighted by Gasteiger charge is 2.48. The van der Waals surface area contributed by atoms with Gasteiger partial charge in [0.25, 0.3) is 0 Å². The Bertz CT molecular complexity index is 778. The van der Waals surface area contributed by atoms with Crippen molar-refractivity contribution < 1.29 is 14.6 Å². The summed E-state index contributed by atoms with van der Waals surface area (Å²) in [5.41, 5.74) is -0.883. The van der Waals surface area contributed by atoms with E-state index in [-0.39, 0.29) is 22.5 Å². The molecule has 0 fully saturated rings. The van der Waals surface area contributed by atoms with Gasteiger partial charge in [0.2, 0.25) is 0 Å². The van der Waals surface area contributed by atoms with Crippen LogP contribution in [0.2, 0.25) is 0 Å². The van der Waals surface area contributed by atoms with Gasteiger partial charge in [-0.2, -0.15) is 0 Å². The lowest BCUT2D eigenvalue weighted by atomic mass is 9.61. The van der Waals surface area contributed by atoms with Gasteiger partial charge in [-0.15, -0.1) is 0 Å². The van der Waals surface area contributed by atoms with Gasteiger partial charge in [-0.1, -0.05) is 65.8 Å². The number of carbonyl (C=O) groups excluding carboxylic acids is 1. The average Bonchev–Trinajstić information content (AvgIpc) is 2.47. The number of aromatic hydroxyl groups is 1. The predicted octanol–water partition coefficient (Wildman–Crippen LogP) is 5.94. The van der Waals surface area contributed by atoms with E-state index in [0.29, 0.717) is 11.1 Å². The lowest BCUT2D eigenvalue weighted by Crippen LogP contribution is -2.45. The van der Waals surface area contributed by atoms with Crippen LogP contribution in [0, 0.1) is 16.2 Å². The molecule has 136 valence electrons. The fourth-order valence-electron chi connectivity index (χ4n) is 3.26. The molecule has 0 aliphatic carbocycles. The second kappa shape index (κ2) is 6.36. The number of hydrogen-bond acceptors (Lipinski definition) is 3. The predicted molar refractivity (Wildman–Crippen MR) is 103 cm³/mol. The van der Waals surface area contributed by atoms with Crippen molar-refractivity contribution in [2.75, 3.05) is 0 Å². The Morgan fingerprint density at radius 3 is 2.00 bits per heavy atom. The molecule has 25 heavy (non-hydrogen) atoms. The van der Waals surface area contributed by atoms with E-state index in [0.717, 1.165) is 11.8 Å². The minimum absolute atomic E-state index is 0.00191. The van der Waals surface area contributed by atoms with Gasteiger partial charge in [-0.25, -0.2) is 0 Å². The third-order valence-corrected chi connectivity index (χ3v) is 5.05. The highest BCUT2D eigenvalue weighted by molar-refractivity contribution is 5.95. The molecule has 1 unspecified atom stereocenters. The van der Waals surface area contributed by atoms with Crippen molar-refractivity contribution in [2.45, 2.75) is 54.9 Å². The standard InChI is InChI=1S/C22H30O3/c1-20(2,3)14-22(7,21(4,5)6)19(24)25-18-13-12-17(23)15-10-8-9-11-16(15)18/h8-13,23H,14H2,1-7H3. The number of phenols is 1. The third kappa shape index (κ3) is 3.97. The van der Waals surface area contributed by atoms with Crippen molar-refractivity contribution in [3.63, 3.8) is 0 Å². The summed E-state index contributed by atoms with van der Waals surface area (Å²) >= 11 is 0. The Kier molecular flexibility index (Phi) is 4.91. The summed E-state index contributed by atoms with van der Waals surface area (Å²) in [5, 5.41) is 11.5. The maximum atomic E-state index is 13.2. The van der Waals surface area contributed by atoms with Gasteiger partial charge < -0.3 is 9.84 Å². The van der Waals surface area contributed by atoms with Crippen LogP contribution in [0.25, 0.3) is 10.8 Å². The first kappa shape index (κ1) is 19.3. The summed E-state index contributed by atoms with van der Waals surface area (Å²) in [5.74, 6) is 0.442. The Hall–Kier alpha value is -2.03. The lowest BCUT2D eigenvalue weighted by Gasteiger charge is -2.43. The molecule has 0 radical (unpaired) electrons. The van der Waals surface area contributed by atoms with Crippen LogP contribution in [0.3, 0.4) is 0 Å². The molecule has 2 aromatic rings. The first-order valence-electron chi connectivity index (χ1n) is 8.78. The van der Waals surface area contributed by atoms with Crippen LogP contribution in [-0.4, -0.2) is 11.1 Å². The number of esters is 1. The largest absolute Gasteiger partial charge is 0.507 e. The molecule has 1 atom stereocenters. The van der Waals surface area contributed by atoms with E-state index in [4.69, 9.17) is 4.74 Å². The quantitative estimate of drug-likeness (QED) is 0.554. The molecule has 3 nitrogen and oxygen atoms in total. The van der Waals surface area contributed by atoms with E-state index in [9.17, 15) is 9.90 Å². The molecule has 0 saturated carbocycles. The molecule has 0 aliphatic heterocycles. The van der Waals surface area contributed by atoms with E-state index >= 15 is 0 Å². The van der Waals surface area contributed by atoms with E-state index in [1.165, 1.54) is 0 Å². The number of carbonyl (C=O) groups is 1. The zero-order chi connectivity index (χ0) is 19.0. The topological polar surface area (TPSA) is 46.5 Å². The maximum Gasteiger partial charge on any atom is 0.317 e. The van der Waals surface area contributed by atoms with Crippen molar-refractivity contribution in [3.05, 3.63) is 36.4 Å². The highest BCUT2D eigenvalue weighted by Crippen LogP contribution is 2.48. The molecule has 0 aromatic heterocycles. The highest BCUT2D eigenvalue weighted by atomic mass is 16.5. The first-order chi connectivity index (χ1) is 11.3. The van der Waals surface area contributed by atoms with Gasteiger partial charge in [0.05, 0.1) is 5.41 Å². The van der Waals surface area contributed by atoms with E-state index in [2.05, 4.69) is 41.5 Å². The minimum atomic E-state index is -0.635. The van der Waals surface area contributed by atoms with Crippen molar-refractivity contribution in [2.24, 2.45) is 16.2 Å². The van der Waals surface area contributed by atoms with Crippen LogP contribution in [-0.2, 0) is 4.79 Å². The van der Waals surface area contributed by atoms with E-state index in [1.54, 1.807) is 12.1 Å². The smallest absolute Gasteiger partial charge is 0.317 e. The third-order valence-electron chi connectivity index (χ3n) is 5.05. The summed E-state index contributed by atoms with van der Waals surface area (Å²) < 4.78 is 5.87. The van der Waals surface area contributed by atoms with Gasteiger partial charge >= 0.3 is 5.97 Å². The van der Waals surface area contributed by atoms with Crippen LogP contribution in [0.5, 0.6) is 11.5 Å². The first-order valence-corrected chi connectivity index (χ1v) is 8.78. The maximum absolute atomic E-state index is 13.2. The number of hydrogen-bond donors (Lipinski definition) is 1. The molecule has 0 bridgehead atoms. The average molecular weight is 342 g/mol. The van der Waals surface area contributed by atoms with E-state index < -0.39 is 5.41 Å². The molecule has 0 amide bonds. The summed E-state index contributed by atoms with van der Waals surface area (Å²) in [6.45, 7) is 14.6. The Morgan fingerprint density at radius 2 is 1.48 bits per heavy atom. The number of ether oxygens (including phenoxy) is 1. The van der Waals surface area contributed by atoms with Crippen LogP contribution in [0.1, 0.15) is 54.9 Å². The number of rotatable bonds is 3. The Balaban J connectivity index is 2.45. The SMILES string of the molecule is CC(C)(C)CC(C)(C(=O)Oc1ccc(O)c2ccccc12)C(C)(C)C. The van der Waals surface area contributed by atoms with Crippen molar-refractivity contribution in [1.82, 2.24) is 0 Å². The fourth-order valence-corrected chi connectivity index (χ4v) is 3.26. The van der Waals surface area contributed by atoms with E-state index in [1.807, 2.05) is 31.2 Å². The van der Waals surface area contributed by atoms with Gasteiger partial charge in [-0.3, -0.25) is 4.79 Å². The summed E-state index contributed by atoms with van der Waals surface area (Å²) in [4.78, 5) is 13.2. The number of fused-ring (bicyclic) bond motifs is 1.